The molecular weight excluding hydrogens is 409 g/mol. The zero-order chi connectivity index (χ0) is 21.1. The van der Waals surface area contributed by atoms with Gasteiger partial charge in [-0.3, -0.25) is 4.79 Å². The maximum Gasteiger partial charge on any atom is 0.193 e. The summed E-state index contributed by atoms with van der Waals surface area (Å²) in [5.41, 5.74) is 2.67. The molecule has 0 atom stereocenters. The lowest BCUT2D eigenvalue weighted by molar-refractivity contribution is 0.104. The molecule has 2 aromatic carbocycles. The molecule has 0 aromatic heterocycles. The van der Waals surface area contributed by atoms with E-state index < -0.39 is 0 Å². The smallest absolute Gasteiger partial charge is 0.193 e. The van der Waals surface area contributed by atoms with Crippen LogP contribution in [0.2, 0.25) is 10.0 Å². The van der Waals surface area contributed by atoms with Crippen LogP contribution >= 0.6 is 23.2 Å². The standard InChI is InChI=1S/C23H25Cl2NO3/c1-14-13-20(28)22(19(27)8-7-16-17(24)5-4-6-18(16)25)23(29-3)21(14)15-9-11-26(2)12-10-15/h4-8,13,15,28H,9-12H2,1-3H3/b8-7+. The van der Waals surface area contributed by atoms with Crippen LogP contribution in [0.15, 0.2) is 30.3 Å². The van der Waals surface area contributed by atoms with Crippen molar-refractivity contribution in [1.29, 1.82) is 0 Å². The zero-order valence-corrected chi connectivity index (χ0v) is 18.3. The predicted molar refractivity (Wildman–Crippen MR) is 119 cm³/mol. The summed E-state index contributed by atoms with van der Waals surface area (Å²) in [4.78, 5) is 15.3. The Bertz CT molecular complexity index is 927. The second-order valence-corrected chi connectivity index (χ2v) is 8.26. The van der Waals surface area contributed by atoms with Crippen LogP contribution in [0.3, 0.4) is 0 Å². The second kappa shape index (κ2) is 9.21. The molecule has 1 saturated heterocycles. The fourth-order valence-electron chi connectivity index (χ4n) is 3.95. The van der Waals surface area contributed by atoms with Gasteiger partial charge in [0.1, 0.15) is 17.1 Å². The highest BCUT2D eigenvalue weighted by molar-refractivity contribution is 6.37. The molecule has 0 spiro atoms. The lowest BCUT2D eigenvalue weighted by Crippen LogP contribution is -2.29. The Morgan fingerprint density at radius 3 is 2.45 bits per heavy atom. The number of phenols is 1. The van der Waals surface area contributed by atoms with Crippen molar-refractivity contribution >= 4 is 35.1 Å². The van der Waals surface area contributed by atoms with E-state index in [4.69, 9.17) is 27.9 Å². The highest BCUT2D eigenvalue weighted by atomic mass is 35.5. The Labute approximate surface area is 181 Å². The fourth-order valence-corrected chi connectivity index (χ4v) is 4.48. The summed E-state index contributed by atoms with van der Waals surface area (Å²) in [6.45, 7) is 3.92. The molecule has 0 amide bonds. The minimum absolute atomic E-state index is 0.0871. The molecule has 2 aromatic rings. The van der Waals surface area contributed by atoms with E-state index in [-0.39, 0.29) is 23.0 Å². The van der Waals surface area contributed by atoms with Gasteiger partial charge in [-0.15, -0.1) is 0 Å². The number of piperidine rings is 1. The Kier molecular flexibility index (Phi) is 6.89. The molecule has 1 fully saturated rings. The fraction of sp³-hybridized carbons (Fsp3) is 0.348. The van der Waals surface area contributed by atoms with Crippen molar-refractivity contribution < 1.29 is 14.6 Å². The summed E-state index contributed by atoms with van der Waals surface area (Å²) in [5, 5.41) is 11.5. The van der Waals surface area contributed by atoms with Crippen molar-refractivity contribution in [1.82, 2.24) is 4.90 Å². The highest BCUT2D eigenvalue weighted by Crippen LogP contribution is 2.42. The van der Waals surface area contributed by atoms with Crippen LogP contribution in [0.5, 0.6) is 11.5 Å². The van der Waals surface area contributed by atoms with Gasteiger partial charge < -0.3 is 14.7 Å². The first-order valence-electron chi connectivity index (χ1n) is 9.58. The number of ketones is 1. The van der Waals surface area contributed by atoms with Crippen LogP contribution in [0.25, 0.3) is 6.08 Å². The van der Waals surface area contributed by atoms with E-state index in [1.54, 1.807) is 30.3 Å². The lowest BCUT2D eigenvalue weighted by atomic mass is 9.84. The van der Waals surface area contributed by atoms with Crippen molar-refractivity contribution in [3.63, 3.8) is 0 Å². The number of phenolic OH excluding ortho intramolecular Hbond substituents is 1. The van der Waals surface area contributed by atoms with Gasteiger partial charge in [0.2, 0.25) is 0 Å². The topological polar surface area (TPSA) is 49.8 Å². The largest absolute Gasteiger partial charge is 0.507 e. The minimum Gasteiger partial charge on any atom is -0.507 e. The molecule has 3 rings (SSSR count). The van der Waals surface area contributed by atoms with Crippen molar-refractivity contribution in [2.24, 2.45) is 0 Å². The molecular formula is C23H25Cl2NO3. The van der Waals surface area contributed by atoms with Crippen molar-refractivity contribution in [3.05, 3.63) is 62.6 Å². The lowest BCUT2D eigenvalue weighted by Gasteiger charge is -2.31. The van der Waals surface area contributed by atoms with Crippen LogP contribution in [-0.4, -0.2) is 43.0 Å². The molecule has 1 aliphatic rings. The number of hydrogen-bond acceptors (Lipinski definition) is 4. The number of aryl methyl sites for hydroxylation is 1. The third-order valence-electron chi connectivity index (χ3n) is 5.48. The quantitative estimate of drug-likeness (QED) is 0.483. The molecule has 0 unspecified atom stereocenters. The van der Waals surface area contributed by atoms with Crippen LogP contribution in [0, 0.1) is 6.92 Å². The first-order chi connectivity index (χ1) is 13.8. The van der Waals surface area contributed by atoms with E-state index in [2.05, 4.69) is 11.9 Å². The van der Waals surface area contributed by atoms with Gasteiger partial charge in [-0.05, 0) is 81.7 Å². The van der Waals surface area contributed by atoms with Crippen LogP contribution in [0.1, 0.15) is 45.8 Å². The number of rotatable bonds is 5. The maximum absolute atomic E-state index is 13.0. The summed E-state index contributed by atoms with van der Waals surface area (Å²) in [7, 11) is 3.65. The van der Waals surface area contributed by atoms with Gasteiger partial charge in [0.05, 0.1) is 7.11 Å². The Hall–Kier alpha value is -2.01. The van der Waals surface area contributed by atoms with Gasteiger partial charge in [-0.1, -0.05) is 29.3 Å². The molecule has 29 heavy (non-hydrogen) atoms. The van der Waals surface area contributed by atoms with Gasteiger partial charge in [0.15, 0.2) is 5.78 Å². The Morgan fingerprint density at radius 1 is 1.24 bits per heavy atom. The first kappa shape index (κ1) is 21.7. The average Bonchev–Trinajstić information content (AvgIpc) is 2.67. The molecule has 0 aliphatic carbocycles. The number of halogens is 2. The van der Waals surface area contributed by atoms with E-state index in [9.17, 15) is 9.90 Å². The SMILES string of the molecule is COc1c(C(=O)/C=C/c2c(Cl)cccc2Cl)c(O)cc(C)c1C1CCN(C)CC1. The average molecular weight is 434 g/mol. The van der Waals surface area contributed by atoms with E-state index in [0.29, 0.717) is 21.4 Å². The van der Waals surface area contributed by atoms with Gasteiger partial charge in [0, 0.05) is 21.2 Å². The number of allylic oxidation sites excluding steroid dienone is 1. The predicted octanol–water partition coefficient (Wildman–Crippen LogP) is 5.72. The van der Waals surface area contributed by atoms with E-state index in [0.717, 1.165) is 37.1 Å². The number of benzene rings is 2. The normalized spacial score (nSPS) is 15.8. The molecule has 6 heteroatoms. The van der Waals surface area contributed by atoms with Crippen LogP contribution < -0.4 is 4.74 Å². The van der Waals surface area contributed by atoms with Crippen molar-refractivity contribution in [3.8, 4) is 11.5 Å². The van der Waals surface area contributed by atoms with Crippen molar-refractivity contribution in [2.75, 3.05) is 27.2 Å². The monoisotopic (exact) mass is 433 g/mol. The molecule has 1 N–H and O–H groups in total. The first-order valence-corrected chi connectivity index (χ1v) is 10.3. The summed E-state index contributed by atoms with van der Waals surface area (Å²) < 4.78 is 5.66. The van der Waals surface area contributed by atoms with Gasteiger partial charge in [-0.2, -0.15) is 0 Å². The van der Waals surface area contributed by atoms with Gasteiger partial charge >= 0.3 is 0 Å². The van der Waals surface area contributed by atoms with E-state index in [1.807, 2.05) is 6.92 Å². The maximum atomic E-state index is 13.0. The number of hydrogen-bond donors (Lipinski definition) is 1. The number of methoxy groups -OCH3 is 1. The zero-order valence-electron chi connectivity index (χ0n) is 16.8. The number of ether oxygens (including phenoxy) is 1. The summed E-state index contributed by atoms with van der Waals surface area (Å²) in [6.07, 6.45) is 4.91. The molecule has 0 saturated carbocycles. The van der Waals surface area contributed by atoms with Crippen molar-refractivity contribution in [2.45, 2.75) is 25.7 Å². The highest BCUT2D eigenvalue weighted by Gasteiger charge is 2.28. The molecule has 154 valence electrons. The number of nitrogens with zero attached hydrogens (tertiary/aromatic N) is 1. The van der Waals surface area contributed by atoms with E-state index in [1.165, 1.54) is 13.2 Å². The van der Waals surface area contributed by atoms with Crippen LogP contribution in [0.4, 0.5) is 0 Å². The summed E-state index contributed by atoms with van der Waals surface area (Å²) in [6, 6.07) is 6.81. The van der Waals surface area contributed by atoms with Crippen LogP contribution in [-0.2, 0) is 0 Å². The third-order valence-corrected chi connectivity index (χ3v) is 6.14. The van der Waals surface area contributed by atoms with E-state index >= 15 is 0 Å². The molecule has 1 heterocycles. The summed E-state index contributed by atoms with van der Waals surface area (Å²) >= 11 is 12.4. The number of likely N-dealkylation sites (tertiary alicyclic amines) is 1. The minimum atomic E-state index is -0.357. The number of carbonyl (C=O) groups is 1. The van der Waals surface area contributed by atoms with Gasteiger partial charge in [-0.25, -0.2) is 0 Å². The number of carbonyl (C=O) groups excluding carboxylic acids is 1. The molecule has 1 aliphatic heterocycles. The molecule has 0 bridgehead atoms. The number of aromatic hydroxyl groups is 1. The molecule has 4 nitrogen and oxygen atoms in total. The Morgan fingerprint density at radius 2 is 1.86 bits per heavy atom. The van der Waals surface area contributed by atoms with Gasteiger partial charge in [0.25, 0.3) is 0 Å². The summed E-state index contributed by atoms with van der Waals surface area (Å²) in [5.74, 6) is 0.299. The second-order valence-electron chi connectivity index (χ2n) is 7.44. The Balaban J connectivity index is 2.01. The molecule has 0 radical (unpaired) electrons. The third kappa shape index (κ3) is 4.61.